The normalized spacial score (nSPS) is 12.4. The van der Waals surface area contributed by atoms with E-state index in [-0.39, 0.29) is 11.8 Å². The van der Waals surface area contributed by atoms with Gasteiger partial charge in [0.15, 0.2) is 0 Å². The van der Waals surface area contributed by atoms with E-state index in [0.717, 1.165) is 15.7 Å². The molecule has 0 amide bonds. The summed E-state index contributed by atoms with van der Waals surface area (Å²) in [5.74, 6) is -0.225. The standard InChI is InChI=1S/C14H17BrClNO3/c1-2-20-14(19)6-3-10-7-11(15)4-5-13(10)17-9-12(18)8-16/h3-7,12,17-18H,2,8-9H2,1H3. The van der Waals surface area contributed by atoms with E-state index in [1.165, 1.54) is 6.08 Å². The third-order valence-electron chi connectivity index (χ3n) is 2.41. The van der Waals surface area contributed by atoms with Gasteiger partial charge in [-0.25, -0.2) is 4.79 Å². The predicted molar refractivity (Wildman–Crippen MR) is 85.0 cm³/mol. The topological polar surface area (TPSA) is 58.6 Å². The molecule has 0 radical (unpaired) electrons. The number of esters is 1. The van der Waals surface area contributed by atoms with Crippen molar-refractivity contribution in [3.05, 3.63) is 34.3 Å². The fourth-order valence-electron chi connectivity index (χ4n) is 1.46. The van der Waals surface area contributed by atoms with Crippen molar-refractivity contribution in [3.63, 3.8) is 0 Å². The van der Waals surface area contributed by atoms with Crippen LogP contribution in [0.5, 0.6) is 0 Å². The van der Waals surface area contributed by atoms with Gasteiger partial charge in [-0.05, 0) is 36.8 Å². The third-order valence-corrected chi connectivity index (χ3v) is 3.25. The number of aliphatic hydroxyl groups is 1. The van der Waals surface area contributed by atoms with Gasteiger partial charge in [0.2, 0.25) is 0 Å². The lowest BCUT2D eigenvalue weighted by Gasteiger charge is -2.12. The minimum Gasteiger partial charge on any atom is -0.463 e. The van der Waals surface area contributed by atoms with E-state index >= 15 is 0 Å². The summed E-state index contributed by atoms with van der Waals surface area (Å²) in [4.78, 5) is 11.3. The van der Waals surface area contributed by atoms with Crippen LogP contribution in [0.25, 0.3) is 6.08 Å². The van der Waals surface area contributed by atoms with Crippen molar-refractivity contribution in [2.45, 2.75) is 13.0 Å². The highest BCUT2D eigenvalue weighted by Gasteiger charge is 2.05. The molecule has 0 aliphatic rings. The Balaban J connectivity index is 2.82. The molecular formula is C14H17BrClNO3. The molecular weight excluding hydrogens is 346 g/mol. The van der Waals surface area contributed by atoms with E-state index in [9.17, 15) is 9.90 Å². The quantitative estimate of drug-likeness (QED) is 0.445. The molecule has 0 heterocycles. The number of benzene rings is 1. The molecule has 0 aromatic heterocycles. The largest absolute Gasteiger partial charge is 0.463 e. The minimum atomic E-state index is -0.623. The molecule has 1 rings (SSSR count). The van der Waals surface area contributed by atoms with Crippen molar-refractivity contribution in [1.82, 2.24) is 0 Å². The molecule has 20 heavy (non-hydrogen) atoms. The van der Waals surface area contributed by atoms with Crippen LogP contribution in [0.15, 0.2) is 28.7 Å². The lowest BCUT2D eigenvalue weighted by atomic mass is 10.1. The first kappa shape index (κ1) is 17.0. The molecule has 0 saturated heterocycles. The maximum absolute atomic E-state index is 11.3. The first-order valence-corrected chi connectivity index (χ1v) is 7.51. The first-order chi connectivity index (χ1) is 9.56. The summed E-state index contributed by atoms with van der Waals surface area (Å²) in [7, 11) is 0. The van der Waals surface area contributed by atoms with Gasteiger partial charge in [-0.2, -0.15) is 0 Å². The number of ether oxygens (including phenoxy) is 1. The summed E-state index contributed by atoms with van der Waals surface area (Å²) >= 11 is 8.93. The molecule has 0 spiro atoms. The van der Waals surface area contributed by atoms with Gasteiger partial charge < -0.3 is 15.2 Å². The van der Waals surface area contributed by atoms with E-state index < -0.39 is 6.10 Å². The highest BCUT2D eigenvalue weighted by Crippen LogP contribution is 2.22. The summed E-state index contributed by atoms with van der Waals surface area (Å²) < 4.78 is 5.73. The summed E-state index contributed by atoms with van der Waals surface area (Å²) in [6.45, 7) is 2.44. The number of anilines is 1. The number of alkyl halides is 1. The van der Waals surface area contributed by atoms with Crippen molar-refractivity contribution in [2.75, 3.05) is 24.3 Å². The second-order valence-electron chi connectivity index (χ2n) is 4.01. The van der Waals surface area contributed by atoms with Crippen LogP contribution in [0.3, 0.4) is 0 Å². The van der Waals surface area contributed by atoms with Crippen LogP contribution < -0.4 is 5.32 Å². The van der Waals surface area contributed by atoms with Crippen LogP contribution in [-0.4, -0.2) is 36.2 Å². The third kappa shape index (κ3) is 5.94. The van der Waals surface area contributed by atoms with Gasteiger partial charge in [0.1, 0.15) is 0 Å². The van der Waals surface area contributed by atoms with E-state index in [2.05, 4.69) is 21.2 Å². The van der Waals surface area contributed by atoms with Crippen LogP contribution in [-0.2, 0) is 9.53 Å². The monoisotopic (exact) mass is 361 g/mol. The molecule has 1 aromatic rings. The number of nitrogens with one attached hydrogen (secondary N) is 1. The number of hydrogen-bond acceptors (Lipinski definition) is 4. The Morgan fingerprint density at radius 2 is 2.35 bits per heavy atom. The van der Waals surface area contributed by atoms with Gasteiger partial charge in [-0.1, -0.05) is 15.9 Å². The van der Waals surface area contributed by atoms with Crippen molar-refractivity contribution >= 4 is 45.3 Å². The Morgan fingerprint density at radius 3 is 3.00 bits per heavy atom. The summed E-state index contributed by atoms with van der Waals surface area (Å²) in [5, 5.41) is 12.5. The van der Waals surface area contributed by atoms with Crippen LogP contribution in [0, 0.1) is 0 Å². The van der Waals surface area contributed by atoms with Crippen molar-refractivity contribution < 1.29 is 14.6 Å². The Hall–Kier alpha value is -1.04. The Morgan fingerprint density at radius 1 is 1.60 bits per heavy atom. The van der Waals surface area contributed by atoms with Gasteiger partial charge in [-0.3, -0.25) is 0 Å². The van der Waals surface area contributed by atoms with E-state index in [1.54, 1.807) is 13.0 Å². The number of hydrogen-bond donors (Lipinski definition) is 2. The molecule has 0 saturated carbocycles. The fraction of sp³-hybridized carbons (Fsp3) is 0.357. The van der Waals surface area contributed by atoms with Crippen molar-refractivity contribution in [2.24, 2.45) is 0 Å². The zero-order chi connectivity index (χ0) is 15.0. The smallest absolute Gasteiger partial charge is 0.330 e. The van der Waals surface area contributed by atoms with Crippen molar-refractivity contribution in [3.8, 4) is 0 Å². The number of carbonyl (C=O) groups excluding carboxylic acids is 1. The lowest BCUT2D eigenvalue weighted by molar-refractivity contribution is -0.137. The second-order valence-corrected chi connectivity index (χ2v) is 5.23. The van der Waals surface area contributed by atoms with Gasteiger partial charge in [-0.15, -0.1) is 11.6 Å². The Bertz CT molecular complexity index is 479. The van der Waals surface area contributed by atoms with E-state index in [0.29, 0.717) is 13.2 Å². The minimum absolute atomic E-state index is 0.164. The molecule has 0 aliphatic carbocycles. The number of halogens is 2. The lowest BCUT2D eigenvalue weighted by Crippen LogP contribution is -2.21. The maximum Gasteiger partial charge on any atom is 0.330 e. The zero-order valence-electron chi connectivity index (χ0n) is 11.1. The van der Waals surface area contributed by atoms with Gasteiger partial charge in [0, 0.05) is 22.8 Å². The zero-order valence-corrected chi connectivity index (χ0v) is 13.4. The predicted octanol–water partition coefficient (Wildman–Crippen LogP) is 3.04. The highest BCUT2D eigenvalue weighted by molar-refractivity contribution is 9.10. The van der Waals surface area contributed by atoms with Gasteiger partial charge in [0.25, 0.3) is 0 Å². The van der Waals surface area contributed by atoms with E-state index in [1.807, 2.05) is 18.2 Å². The SMILES string of the molecule is CCOC(=O)C=Cc1cc(Br)ccc1NCC(O)CCl. The highest BCUT2D eigenvalue weighted by atomic mass is 79.9. The second kappa shape index (κ2) is 9.00. The van der Waals surface area contributed by atoms with Gasteiger partial charge in [0.05, 0.1) is 18.6 Å². The van der Waals surface area contributed by atoms with Gasteiger partial charge >= 0.3 is 5.97 Å². The Kier molecular flexibility index (Phi) is 7.65. The molecule has 1 unspecified atom stereocenters. The van der Waals surface area contributed by atoms with Crippen LogP contribution in [0.4, 0.5) is 5.69 Å². The molecule has 1 atom stereocenters. The summed E-state index contributed by atoms with van der Waals surface area (Å²) in [5.41, 5.74) is 1.62. The number of rotatable bonds is 7. The molecule has 0 bridgehead atoms. The summed E-state index contributed by atoms with van der Waals surface area (Å²) in [6, 6.07) is 5.60. The van der Waals surface area contributed by atoms with Crippen LogP contribution in [0.2, 0.25) is 0 Å². The average Bonchev–Trinajstić information content (AvgIpc) is 2.44. The Labute approximate surface area is 131 Å². The maximum atomic E-state index is 11.3. The fourth-order valence-corrected chi connectivity index (χ4v) is 1.95. The van der Waals surface area contributed by atoms with Crippen LogP contribution >= 0.6 is 27.5 Å². The molecule has 0 fully saturated rings. The molecule has 1 aromatic carbocycles. The number of carbonyl (C=O) groups is 1. The average molecular weight is 363 g/mol. The molecule has 6 heteroatoms. The van der Waals surface area contributed by atoms with Crippen molar-refractivity contribution in [1.29, 1.82) is 0 Å². The molecule has 2 N–H and O–H groups in total. The van der Waals surface area contributed by atoms with E-state index in [4.69, 9.17) is 16.3 Å². The first-order valence-electron chi connectivity index (χ1n) is 6.19. The van der Waals surface area contributed by atoms with Crippen LogP contribution in [0.1, 0.15) is 12.5 Å². The molecule has 0 aliphatic heterocycles. The molecule has 110 valence electrons. The molecule has 4 nitrogen and oxygen atoms in total. The number of aliphatic hydroxyl groups excluding tert-OH is 1. The summed E-state index contributed by atoms with van der Waals surface area (Å²) in [6.07, 6.45) is 2.41.